The highest BCUT2D eigenvalue weighted by atomic mass is 16.3. The molecule has 0 aliphatic carbocycles. The molecule has 0 aromatic heterocycles. The fourth-order valence-electron chi connectivity index (χ4n) is 3.09. The molecule has 0 bridgehead atoms. The van der Waals surface area contributed by atoms with Crippen molar-refractivity contribution in [1.29, 1.82) is 0 Å². The van der Waals surface area contributed by atoms with E-state index >= 15 is 0 Å². The van der Waals surface area contributed by atoms with Crippen molar-refractivity contribution in [3.63, 3.8) is 0 Å². The van der Waals surface area contributed by atoms with E-state index < -0.39 is 0 Å². The number of benzene rings is 4. The summed E-state index contributed by atoms with van der Waals surface area (Å²) >= 11 is 0. The monoisotopic (exact) mass is 312 g/mol. The van der Waals surface area contributed by atoms with E-state index in [1.54, 1.807) is 24.3 Å². The predicted molar refractivity (Wildman–Crippen MR) is 98.1 cm³/mol. The predicted octanol–water partition coefficient (Wildman–Crippen LogP) is 5.59. The van der Waals surface area contributed by atoms with Crippen molar-refractivity contribution in [1.82, 2.24) is 0 Å². The molecule has 24 heavy (non-hydrogen) atoms. The Kier molecular flexibility index (Phi) is 3.43. The van der Waals surface area contributed by atoms with Crippen LogP contribution in [0.4, 0.5) is 0 Å². The highest BCUT2D eigenvalue weighted by Gasteiger charge is 2.12. The Balaban J connectivity index is 2.04. The lowest BCUT2D eigenvalue weighted by molar-refractivity contribution is 0.475. The Hall–Kier alpha value is -3.26. The van der Waals surface area contributed by atoms with E-state index in [1.165, 1.54) is 5.39 Å². The largest absolute Gasteiger partial charge is 0.508 e. The molecule has 0 radical (unpaired) electrons. The SMILES string of the molecule is Oc1ccc(-c2ccc3ccccc3c2-c2ccc(O)cc2)cc1. The van der Waals surface area contributed by atoms with E-state index in [4.69, 9.17) is 0 Å². The van der Waals surface area contributed by atoms with Crippen LogP contribution >= 0.6 is 0 Å². The molecule has 0 saturated carbocycles. The third-order valence-electron chi connectivity index (χ3n) is 4.26. The first-order valence-corrected chi connectivity index (χ1v) is 7.83. The summed E-state index contributed by atoms with van der Waals surface area (Å²) in [5.74, 6) is 0.510. The summed E-state index contributed by atoms with van der Waals surface area (Å²) in [5.41, 5.74) is 4.31. The van der Waals surface area contributed by atoms with Crippen LogP contribution in [0.15, 0.2) is 84.9 Å². The zero-order valence-corrected chi connectivity index (χ0v) is 13.0. The molecule has 0 aliphatic heterocycles. The van der Waals surface area contributed by atoms with Gasteiger partial charge in [-0.3, -0.25) is 0 Å². The van der Waals surface area contributed by atoms with E-state index in [-0.39, 0.29) is 11.5 Å². The summed E-state index contributed by atoms with van der Waals surface area (Å²) in [5, 5.41) is 21.5. The van der Waals surface area contributed by atoms with Gasteiger partial charge in [-0.1, -0.05) is 60.7 Å². The molecule has 2 N–H and O–H groups in total. The van der Waals surface area contributed by atoms with Gasteiger partial charge in [-0.15, -0.1) is 0 Å². The minimum atomic E-state index is 0.255. The fraction of sp³-hybridized carbons (Fsp3) is 0. The quantitative estimate of drug-likeness (QED) is 0.507. The molecule has 0 unspecified atom stereocenters. The molecule has 0 saturated heterocycles. The number of fused-ring (bicyclic) bond motifs is 1. The van der Waals surface area contributed by atoms with Gasteiger partial charge in [0.1, 0.15) is 11.5 Å². The smallest absolute Gasteiger partial charge is 0.115 e. The molecule has 0 fully saturated rings. The molecule has 4 aromatic carbocycles. The lowest BCUT2D eigenvalue weighted by Gasteiger charge is -2.14. The highest BCUT2D eigenvalue weighted by Crippen LogP contribution is 2.38. The zero-order valence-electron chi connectivity index (χ0n) is 13.0. The second-order valence-electron chi connectivity index (χ2n) is 5.80. The van der Waals surface area contributed by atoms with Crippen LogP contribution in [0.25, 0.3) is 33.0 Å². The summed E-state index contributed by atoms with van der Waals surface area (Å²) in [7, 11) is 0. The molecule has 2 heteroatoms. The molecular weight excluding hydrogens is 296 g/mol. The number of phenolic OH excluding ortho intramolecular Hbond substituents is 2. The molecule has 0 atom stereocenters. The lowest BCUT2D eigenvalue weighted by atomic mass is 9.90. The fourth-order valence-corrected chi connectivity index (χ4v) is 3.09. The van der Waals surface area contributed by atoms with Crippen molar-refractivity contribution in [2.24, 2.45) is 0 Å². The molecule has 0 spiro atoms. The number of phenols is 2. The minimum Gasteiger partial charge on any atom is -0.508 e. The van der Waals surface area contributed by atoms with Crippen LogP contribution in [0.2, 0.25) is 0 Å². The summed E-state index contributed by atoms with van der Waals surface area (Å²) in [6.07, 6.45) is 0. The van der Waals surface area contributed by atoms with Crippen LogP contribution in [0.3, 0.4) is 0 Å². The summed E-state index contributed by atoms with van der Waals surface area (Å²) in [6, 6.07) is 27.0. The Bertz CT molecular complexity index is 1000. The van der Waals surface area contributed by atoms with E-state index in [2.05, 4.69) is 24.3 Å². The van der Waals surface area contributed by atoms with Gasteiger partial charge in [0.25, 0.3) is 0 Å². The Morgan fingerprint density at radius 1 is 0.500 bits per heavy atom. The molecule has 4 aromatic rings. The van der Waals surface area contributed by atoms with Gasteiger partial charge in [0.05, 0.1) is 0 Å². The summed E-state index contributed by atoms with van der Waals surface area (Å²) < 4.78 is 0. The second kappa shape index (κ2) is 5.74. The van der Waals surface area contributed by atoms with Gasteiger partial charge in [-0.05, 0) is 57.3 Å². The van der Waals surface area contributed by atoms with Crippen molar-refractivity contribution < 1.29 is 10.2 Å². The Morgan fingerprint density at radius 2 is 1.08 bits per heavy atom. The van der Waals surface area contributed by atoms with E-state index in [0.717, 1.165) is 27.6 Å². The van der Waals surface area contributed by atoms with Crippen molar-refractivity contribution in [2.75, 3.05) is 0 Å². The van der Waals surface area contributed by atoms with Crippen LogP contribution in [0.1, 0.15) is 0 Å². The Morgan fingerprint density at radius 3 is 1.75 bits per heavy atom. The first-order valence-electron chi connectivity index (χ1n) is 7.83. The van der Waals surface area contributed by atoms with Crippen LogP contribution in [0.5, 0.6) is 11.5 Å². The first-order chi connectivity index (χ1) is 11.7. The number of rotatable bonds is 2. The average Bonchev–Trinajstić information content (AvgIpc) is 2.62. The van der Waals surface area contributed by atoms with Crippen LogP contribution in [0, 0.1) is 0 Å². The summed E-state index contributed by atoms with van der Waals surface area (Å²) in [4.78, 5) is 0. The zero-order chi connectivity index (χ0) is 16.5. The Labute approximate surface area is 140 Å². The van der Waals surface area contributed by atoms with Gasteiger partial charge in [0.15, 0.2) is 0 Å². The maximum absolute atomic E-state index is 9.61. The average molecular weight is 312 g/mol. The van der Waals surface area contributed by atoms with Crippen LogP contribution in [-0.4, -0.2) is 10.2 Å². The third-order valence-corrected chi connectivity index (χ3v) is 4.26. The van der Waals surface area contributed by atoms with E-state index in [0.29, 0.717) is 0 Å². The molecule has 0 aliphatic rings. The molecule has 4 rings (SSSR count). The molecule has 2 nitrogen and oxygen atoms in total. The van der Waals surface area contributed by atoms with Gasteiger partial charge >= 0.3 is 0 Å². The maximum atomic E-state index is 9.61. The topological polar surface area (TPSA) is 40.5 Å². The lowest BCUT2D eigenvalue weighted by Crippen LogP contribution is -1.88. The molecule has 116 valence electrons. The van der Waals surface area contributed by atoms with Crippen LogP contribution < -0.4 is 0 Å². The van der Waals surface area contributed by atoms with Gasteiger partial charge in [-0.2, -0.15) is 0 Å². The van der Waals surface area contributed by atoms with E-state index in [1.807, 2.05) is 36.4 Å². The molecule has 0 heterocycles. The molecule has 0 amide bonds. The second-order valence-corrected chi connectivity index (χ2v) is 5.80. The van der Waals surface area contributed by atoms with Crippen molar-refractivity contribution >= 4 is 10.8 Å². The first kappa shape index (κ1) is 14.3. The number of hydrogen-bond donors (Lipinski definition) is 2. The molecular formula is C22H16O2. The van der Waals surface area contributed by atoms with Gasteiger partial charge < -0.3 is 10.2 Å². The van der Waals surface area contributed by atoms with E-state index in [9.17, 15) is 10.2 Å². The highest BCUT2D eigenvalue weighted by molar-refractivity contribution is 6.04. The summed E-state index contributed by atoms with van der Waals surface area (Å²) in [6.45, 7) is 0. The van der Waals surface area contributed by atoms with Crippen molar-refractivity contribution in [3.8, 4) is 33.8 Å². The van der Waals surface area contributed by atoms with Crippen molar-refractivity contribution in [2.45, 2.75) is 0 Å². The van der Waals surface area contributed by atoms with Gasteiger partial charge in [0, 0.05) is 0 Å². The number of aromatic hydroxyl groups is 2. The van der Waals surface area contributed by atoms with Crippen LogP contribution in [-0.2, 0) is 0 Å². The maximum Gasteiger partial charge on any atom is 0.115 e. The minimum absolute atomic E-state index is 0.255. The normalized spacial score (nSPS) is 10.8. The number of hydrogen-bond acceptors (Lipinski definition) is 2. The van der Waals surface area contributed by atoms with Gasteiger partial charge in [-0.25, -0.2) is 0 Å². The van der Waals surface area contributed by atoms with Gasteiger partial charge in [0.2, 0.25) is 0 Å². The third kappa shape index (κ3) is 2.48. The standard InChI is InChI=1S/C22H16O2/c23-18-10-5-16(6-11-18)21-14-9-15-3-1-2-4-20(15)22(21)17-7-12-19(24)13-8-17/h1-14,23-24H. The van der Waals surface area contributed by atoms with Crippen molar-refractivity contribution in [3.05, 3.63) is 84.9 Å².